The van der Waals surface area contributed by atoms with Gasteiger partial charge in [0, 0.05) is 29.4 Å². The first kappa shape index (κ1) is 21.7. The third kappa shape index (κ3) is 5.03. The molecule has 0 saturated carbocycles. The van der Waals surface area contributed by atoms with Crippen molar-refractivity contribution in [1.29, 1.82) is 0 Å². The fourth-order valence-electron chi connectivity index (χ4n) is 3.24. The van der Waals surface area contributed by atoms with Crippen LogP contribution >= 0.6 is 0 Å². The van der Waals surface area contributed by atoms with E-state index in [1.165, 1.54) is 12.1 Å². The third-order valence-corrected chi connectivity index (χ3v) is 6.43. The largest absolute Gasteiger partial charge is 0.490 e. The SMILES string of the molecule is CCc1ccc(C(=O)Nc2ccc(NS(=O)(=O)c3ccc4c(c3)OCCCO4)cc2)cc1. The second-order valence-corrected chi connectivity index (χ2v) is 9.03. The van der Waals surface area contributed by atoms with E-state index in [4.69, 9.17) is 9.47 Å². The first-order valence-electron chi connectivity index (χ1n) is 10.4. The highest BCUT2D eigenvalue weighted by atomic mass is 32.2. The number of sulfonamides is 1. The maximum absolute atomic E-state index is 12.8. The second kappa shape index (κ2) is 9.32. The number of ether oxygens (including phenoxy) is 2. The zero-order valence-corrected chi connectivity index (χ0v) is 18.4. The summed E-state index contributed by atoms with van der Waals surface area (Å²) in [5, 5.41) is 2.81. The van der Waals surface area contributed by atoms with Crippen LogP contribution in [0.25, 0.3) is 0 Å². The predicted molar refractivity (Wildman–Crippen MR) is 123 cm³/mol. The standard InChI is InChI=1S/C24H24N2O5S/c1-2-17-4-6-18(7-5-17)24(27)25-19-8-10-20(11-9-19)26-32(28,29)21-12-13-22-23(16-21)31-15-3-14-30-22/h4-13,16,26H,2-3,14-15H2,1H3,(H,25,27). The monoisotopic (exact) mass is 452 g/mol. The van der Waals surface area contributed by atoms with Crippen LogP contribution in [-0.4, -0.2) is 27.5 Å². The number of amides is 1. The first-order chi connectivity index (χ1) is 15.4. The number of anilines is 2. The summed E-state index contributed by atoms with van der Waals surface area (Å²) in [5.41, 5.74) is 2.66. The Balaban J connectivity index is 1.43. The van der Waals surface area contributed by atoms with Crippen molar-refractivity contribution in [2.24, 2.45) is 0 Å². The predicted octanol–water partition coefficient (Wildman–Crippen LogP) is 4.46. The first-order valence-corrected chi connectivity index (χ1v) is 11.9. The summed E-state index contributed by atoms with van der Waals surface area (Å²) in [5.74, 6) is 0.717. The van der Waals surface area contributed by atoms with Crippen molar-refractivity contribution < 1.29 is 22.7 Å². The number of carbonyl (C=O) groups excluding carboxylic acids is 1. The molecule has 1 heterocycles. The highest BCUT2D eigenvalue weighted by Crippen LogP contribution is 2.32. The van der Waals surface area contributed by atoms with Crippen molar-refractivity contribution in [3.8, 4) is 11.5 Å². The molecule has 1 amide bonds. The van der Waals surface area contributed by atoms with E-state index < -0.39 is 10.0 Å². The number of hydrogen-bond donors (Lipinski definition) is 2. The lowest BCUT2D eigenvalue weighted by molar-refractivity contribution is 0.102. The van der Waals surface area contributed by atoms with Crippen molar-refractivity contribution >= 4 is 27.3 Å². The van der Waals surface area contributed by atoms with Crippen LogP contribution in [0.4, 0.5) is 11.4 Å². The van der Waals surface area contributed by atoms with Gasteiger partial charge in [0.1, 0.15) is 0 Å². The third-order valence-electron chi connectivity index (χ3n) is 5.05. The summed E-state index contributed by atoms with van der Waals surface area (Å²) in [6.45, 7) is 3.06. The molecule has 0 fully saturated rings. The van der Waals surface area contributed by atoms with Gasteiger partial charge >= 0.3 is 0 Å². The summed E-state index contributed by atoms with van der Waals surface area (Å²) < 4.78 is 39.3. The zero-order chi connectivity index (χ0) is 22.6. The van der Waals surface area contributed by atoms with E-state index in [2.05, 4.69) is 17.0 Å². The maximum atomic E-state index is 12.8. The van der Waals surface area contributed by atoms with E-state index in [-0.39, 0.29) is 10.8 Å². The molecule has 0 saturated heterocycles. The van der Waals surface area contributed by atoms with Crippen LogP contribution < -0.4 is 19.5 Å². The van der Waals surface area contributed by atoms with Crippen molar-refractivity contribution in [2.75, 3.05) is 23.3 Å². The van der Waals surface area contributed by atoms with Gasteiger partial charge in [-0.25, -0.2) is 8.42 Å². The molecular formula is C24H24N2O5S. The van der Waals surface area contributed by atoms with E-state index in [9.17, 15) is 13.2 Å². The molecule has 1 aliphatic rings. The van der Waals surface area contributed by atoms with Crippen molar-refractivity contribution in [2.45, 2.75) is 24.7 Å². The van der Waals surface area contributed by atoms with E-state index in [0.717, 1.165) is 18.4 Å². The van der Waals surface area contributed by atoms with Crippen molar-refractivity contribution in [1.82, 2.24) is 0 Å². The van der Waals surface area contributed by atoms with Gasteiger partial charge in [-0.15, -0.1) is 0 Å². The van der Waals surface area contributed by atoms with Crippen LogP contribution in [-0.2, 0) is 16.4 Å². The topological polar surface area (TPSA) is 93.7 Å². The highest BCUT2D eigenvalue weighted by molar-refractivity contribution is 7.92. The molecule has 3 aromatic carbocycles. The molecule has 0 spiro atoms. The Hall–Kier alpha value is -3.52. The molecule has 0 bridgehead atoms. The van der Waals surface area contributed by atoms with E-state index in [0.29, 0.717) is 41.7 Å². The van der Waals surface area contributed by atoms with Crippen LogP contribution in [0, 0.1) is 0 Å². The van der Waals surface area contributed by atoms with Gasteiger partial charge in [0.15, 0.2) is 11.5 Å². The van der Waals surface area contributed by atoms with Gasteiger partial charge in [0.05, 0.1) is 18.1 Å². The van der Waals surface area contributed by atoms with Gasteiger partial charge in [-0.3, -0.25) is 9.52 Å². The lowest BCUT2D eigenvalue weighted by atomic mass is 10.1. The molecule has 4 rings (SSSR count). The van der Waals surface area contributed by atoms with Gasteiger partial charge in [-0.2, -0.15) is 0 Å². The lowest BCUT2D eigenvalue weighted by Gasteiger charge is -2.12. The summed E-state index contributed by atoms with van der Waals surface area (Å²) >= 11 is 0. The molecule has 7 nitrogen and oxygen atoms in total. The minimum atomic E-state index is -3.82. The summed E-state index contributed by atoms with van der Waals surface area (Å²) in [7, 11) is -3.82. The van der Waals surface area contributed by atoms with Crippen molar-refractivity contribution in [3.63, 3.8) is 0 Å². The minimum Gasteiger partial charge on any atom is -0.490 e. The summed E-state index contributed by atoms with van der Waals surface area (Å²) in [6.07, 6.45) is 1.65. The Morgan fingerprint density at radius 1 is 0.875 bits per heavy atom. The molecular weight excluding hydrogens is 428 g/mol. The molecule has 0 unspecified atom stereocenters. The average molecular weight is 453 g/mol. The van der Waals surface area contributed by atoms with Crippen molar-refractivity contribution in [3.05, 3.63) is 77.9 Å². The minimum absolute atomic E-state index is 0.0784. The number of rotatable bonds is 6. The molecule has 0 atom stereocenters. The second-order valence-electron chi connectivity index (χ2n) is 7.35. The van der Waals surface area contributed by atoms with Gasteiger partial charge in [0.2, 0.25) is 0 Å². The Morgan fingerprint density at radius 2 is 1.53 bits per heavy atom. The Bertz CT molecular complexity index is 1210. The maximum Gasteiger partial charge on any atom is 0.262 e. The normalized spacial score (nSPS) is 13.2. The fraction of sp³-hybridized carbons (Fsp3) is 0.208. The molecule has 1 aliphatic heterocycles. The van der Waals surface area contributed by atoms with Crippen LogP contribution in [0.15, 0.2) is 71.6 Å². The highest BCUT2D eigenvalue weighted by Gasteiger charge is 2.19. The molecule has 0 radical (unpaired) electrons. The number of nitrogens with one attached hydrogen (secondary N) is 2. The van der Waals surface area contributed by atoms with Gasteiger partial charge in [-0.05, 0) is 60.5 Å². The van der Waals surface area contributed by atoms with E-state index in [1.807, 2.05) is 12.1 Å². The quantitative estimate of drug-likeness (QED) is 0.576. The van der Waals surface area contributed by atoms with Crippen LogP contribution in [0.1, 0.15) is 29.3 Å². The number of benzene rings is 3. The lowest BCUT2D eigenvalue weighted by Crippen LogP contribution is -2.14. The number of hydrogen-bond acceptors (Lipinski definition) is 5. The van der Waals surface area contributed by atoms with Gasteiger partial charge in [-0.1, -0.05) is 19.1 Å². The zero-order valence-electron chi connectivity index (χ0n) is 17.6. The number of carbonyl (C=O) groups is 1. The van der Waals surface area contributed by atoms with Crippen LogP contribution in [0.2, 0.25) is 0 Å². The molecule has 3 aromatic rings. The molecule has 32 heavy (non-hydrogen) atoms. The summed E-state index contributed by atoms with van der Waals surface area (Å²) in [6, 6.07) is 18.4. The Labute approximate surface area is 187 Å². The Kier molecular flexibility index (Phi) is 6.32. The van der Waals surface area contributed by atoms with Crippen LogP contribution in [0.5, 0.6) is 11.5 Å². The van der Waals surface area contributed by atoms with E-state index >= 15 is 0 Å². The number of aryl methyl sites for hydroxylation is 1. The molecule has 2 N–H and O–H groups in total. The molecule has 0 aromatic heterocycles. The van der Waals surface area contributed by atoms with Gasteiger partial charge < -0.3 is 14.8 Å². The molecule has 0 aliphatic carbocycles. The average Bonchev–Trinajstić information content (AvgIpc) is 3.05. The Morgan fingerprint density at radius 3 is 2.22 bits per heavy atom. The summed E-state index contributed by atoms with van der Waals surface area (Å²) in [4.78, 5) is 12.5. The van der Waals surface area contributed by atoms with E-state index in [1.54, 1.807) is 42.5 Å². The molecule has 166 valence electrons. The number of fused-ring (bicyclic) bond motifs is 1. The molecule has 8 heteroatoms. The fourth-order valence-corrected chi connectivity index (χ4v) is 4.32. The van der Waals surface area contributed by atoms with Gasteiger partial charge in [0.25, 0.3) is 15.9 Å². The smallest absolute Gasteiger partial charge is 0.262 e. The van der Waals surface area contributed by atoms with Crippen LogP contribution in [0.3, 0.4) is 0 Å².